The summed E-state index contributed by atoms with van der Waals surface area (Å²) >= 11 is 1.97. The van der Waals surface area contributed by atoms with E-state index in [-0.39, 0.29) is 11.6 Å². The molecule has 0 aliphatic carbocycles. The van der Waals surface area contributed by atoms with Crippen molar-refractivity contribution in [3.05, 3.63) is 24.3 Å². The van der Waals surface area contributed by atoms with Crippen molar-refractivity contribution < 1.29 is 14.3 Å². The molecule has 2 saturated heterocycles. The molecule has 132 valence electrons. The lowest BCUT2D eigenvalue weighted by atomic mass is 9.95. The lowest BCUT2D eigenvalue weighted by Gasteiger charge is -2.43. The molecule has 2 aliphatic rings. The number of amides is 2. The second-order valence-electron chi connectivity index (χ2n) is 6.16. The predicted molar refractivity (Wildman–Crippen MR) is 97.1 cm³/mol. The Balaban J connectivity index is 1.54. The fraction of sp³-hybridized carbons (Fsp3) is 0.588. The van der Waals surface area contributed by atoms with Crippen LogP contribution in [0.25, 0.3) is 0 Å². The van der Waals surface area contributed by atoms with Crippen molar-refractivity contribution in [2.75, 3.05) is 56.8 Å². The second-order valence-corrected chi connectivity index (χ2v) is 7.27. The molecule has 24 heavy (non-hydrogen) atoms. The smallest absolute Gasteiger partial charge is 0.319 e. The molecule has 1 aromatic rings. The molecule has 0 spiro atoms. The van der Waals surface area contributed by atoms with E-state index in [1.165, 1.54) is 0 Å². The van der Waals surface area contributed by atoms with E-state index >= 15 is 0 Å². The van der Waals surface area contributed by atoms with E-state index in [1.54, 1.807) is 7.11 Å². The molecule has 0 aromatic heterocycles. The maximum atomic E-state index is 12.2. The first-order valence-corrected chi connectivity index (χ1v) is 9.47. The minimum absolute atomic E-state index is 0.0612. The molecular formula is C17H25N3O3S. The zero-order valence-electron chi connectivity index (χ0n) is 14.0. The fourth-order valence-electron chi connectivity index (χ4n) is 3.23. The summed E-state index contributed by atoms with van der Waals surface area (Å²) in [6.07, 6.45) is 1.11. The van der Waals surface area contributed by atoms with Gasteiger partial charge in [0.2, 0.25) is 0 Å². The number of hydrogen-bond donors (Lipinski definition) is 2. The van der Waals surface area contributed by atoms with Crippen LogP contribution in [0.3, 0.4) is 0 Å². The van der Waals surface area contributed by atoms with Gasteiger partial charge in [-0.15, -0.1) is 0 Å². The van der Waals surface area contributed by atoms with Crippen LogP contribution in [0.1, 0.15) is 6.42 Å². The molecule has 0 bridgehead atoms. The van der Waals surface area contributed by atoms with Crippen LogP contribution in [-0.4, -0.2) is 67.9 Å². The molecule has 7 heteroatoms. The van der Waals surface area contributed by atoms with E-state index in [9.17, 15) is 4.79 Å². The summed E-state index contributed by atoms with van der Waals surface area (Å²) < 4.78 is 10.6. The predicted octanol–water partition coefficient (Wildman–Crippen LogP) is 2.02. The first kappa shape index (κ1) is 17.4. The fourth-order valence-corrected chi connectivity index (χ4v) is 4.71. The average Bonchev–Trinajstić information content (AvgIpc) is 3.12. The van der Waals surface area contributed by atoms with Gasteiger partial charge in [-0.3, -0.25) is 4.90 Å². The standard InChI is InChI=1S/C17H25N3O3S/c1-22-15-4-2-14(3-5-15)19-16(21)18-12-17(6-11-24-13-17)20-7-9-23-10-8-20/h2-5H,6-13H2,1H3,(H2,18,19,21)/t17-/m1/s1. The van der Waals surface area contributed by atoms with Gasteiger partial charge in [-0.05, 0) is 36.4 Å². The molecule has 2 fully saturated rings. The molecule has 0 unspecified atom stereocenters. The quantitative estimate of drug-likeness (QED) is 0.850. The third-order valence-electron chi connectivity index (χ3n) is 4.69. The molecule has 2 heterocycles. The summed E-state index contributed by atoms with van der Waals surface area (Å²) in [6, 6.07) is 7.17. The van der Waals surface area contributed by atoms with E-state index in [2.05, 4.69) is 15.5 Å². The number of ether oxygens (including phenoxy) is 2. The Labute approximate surface area is 147 Å². The van der Waals surface area contributed by atoms with Crippen LogP contribution in [-0.2, 0) is 4.74 Å². The highest BCUT2D eigenvalue weighted by molar-refractivity contribution is 7.99. The molecular weight excluding hydrogens is 326 g/mol. The molecule has 1 aromatic carbocycles. The minimum atomic E-state index is -0.162. The zero-order valence-corrected chi connectivity index (χ0v) is 14.9. The molecule has 1 atom stereocenters. The largest absolute Gasteiger partial charge is 0.497 e. The van der Waals surface area contributed by atoms with Crippen LogP contribution in [0, 0.1) is 0 Å². The topological polar surface area (TPSA) is 62.8 Å². The van der Waals surface area contributed by atoms with Crippen LogP contribution in [0.2, 0.25) is 0 Å². The number of nitrogens with one attached hydrogen (secondary N) is 2. The number of anilines is 1. The first-order valence-electron chi connectivity index (χ1n) is 8.31. The Morgan fingerprint density at radius 1 is 1.33 bits per heavy atom. The van der Waals surface area contributed by atoms with Gasteiger partial charge in [0.25, 0.3) is 0 Å². The summed E-state index contributed by atoms with van der Waals surface area (Å²) in [4.78, 5) is 14.7. The molecule has 2 aliphatic heterocycles. The monoisotopic (exact) mass is 351 g/mol. The van der Waals surface area contributed by atoms with Crippen molar-refractivity contribution in [3.8, 4) is 5.75 Å². The summed E-state index contributed by atoms with van der Waals surface area (Å²) in [6.45, 7) is 4.13. The molecule has 3 rings (SSSR count). The van der Waals surface area contributed by atoms with Gasteiger partial charge in [-0.2, -0.15) is 11.8 Å². The number of morpholine rings is 1. The molecule has 6 nitrogen and oxygen atoms in total. The Morgan fingerprint density at radius 3 is 2.71 bits per heavy atom. The maximum Gasteiger partial charge on any atom is 0.319 e. The normalized spacial score (nSPS) is 24.5. The average molecular weight is 351 g/mol. The van der Waals surface area contributed by atoms with Crippen molar-refractivity contribution >= 4 is 23.5 Å². The maximum absolute atomic E-state index is 12.2. The van der Waals surface area contributed by atoms with Crippen molar-refractivity contribution in [1.82, 2.24) is 10.2 Å². The molecule has 2 amide bonds. The SMILES string of the molecule is COc1ccc(NC(=O)NC[C@]2(N3CCOCC3)CCSC2)cc1. The van der Waals surface area contributed by atoms with Crippen LogP contribution in [0.5, 0.6) is 5.75 Å². The number of carbonyl (C=O) groups excluding carboxylic acids is 1. The Kier molecular flexibility index (Phi) is 5.86. The van der Waals surface area contributed by atoms with Gasteiger partial charge >= 0.3 is 6.03 Å². The lowest BCUT2D eigenvalue weighted by molar-refractivity contribution is -0.0123. The lowest BCUT2D eigenvalue weighted by Crippen LogP contribution is -2.59. The van der Waals surface area contributed by atoms with E-state index in [0.29, 0.717) is 6.54 Å². The summed E-state index contributed by atoms with van der Waals surface area (Å²) in [5.41, 5.74) is 0.820. The van der Waals surface area contributed by atoms with Gasteiger partial charge < -0.3 is 20.1 Å². The summed E-state index contributed by atoms with van der Waals surface area (Å²) in [5.74, 6) is 2.99. The number of rotatable bonds is 5. The number of carbonyl (C=O) groups is 1. The third-order valence-corrected chi connectivity index (χ3v) is 5.92. The van der Waals surface area contributed by atoms with Crippen molar-refractivity contribution in [3.63, 3.8) is 0 Å². The van der Waals surface area contributed by atoms with Crippen LogP contribution < -0.4 is 15.4 Å². The van der Waals surface area contributed by atoms with E-state index < -0.39 is 0 Å². The zero-order chi connectivity index (χ0) is 16.8. The molecule has 2 N–H and O–H groups in total. The number of urea groups is 1. The highest BCUT2D eigenvalue weighted by Crippen LogP contribution is 2.33. The van der Waals surface area contributed by atoms with Crippen molar-refractivity contribution in [2.24, 2.45) is 0 Å². The molecule has 0 saturated carbocycles. The van der Waals surface area contributed by atoms with E-state index in [4.69, 9.17) is 9.47 Å². The van der Waals surface area contributed by atoms with E-state index in [0.717, 1.165) is 55.7 Å². The van der Waals surface area contributed by atoms with Crippen LogP contribution in [0.4, 0.5) is 10.5 Å². The van der Waals surface area contributed by atoms with Gasteiger partial charge in [0, 0.05) is 36.6 Å². The molecule has 0 radical (unpaired) electrons. The number of hydrogen-bond acceptors (Lipinski definition) is 5. The van der Waals surface area contributed by atoms with Crippen molar-refractivity contribution in [1.29, 1.82) is 0 Å². The van der Waals surface area contributed by atoms with Gasteiger partial charge in [0.1, 0.15) is 5.75 Å². The Morgan fingerprint density at radius 2 is 2.08 bits per heavy atom. The first-order chi connectivity index (χ1) is 11.7. The minimum Gasteiger partial charge on any atom is -0.497 e. The summed E-state index contributed by atoms with van der Waals surface area (Å²) in [7, 11) is 1.62. The number of thioether (sulfide) groups is 1. The van der Waals surface area contributed by atoms with Gasteiger partial charge in [-0.25, -0.2) is 4.79 Å². The third kappa shape index (κ3) is 4.15. The number of nitrogens with zero attached hydrogens (tertiary/aromatic N) is 1. The van der Waals surface area contributed by atoms with Gasteiger partial charge in [0.05, 0.1) is 20.3 Å². The van der Waals surface area contributed by atoms with Crippen LogP contribution in [0.15, 0.2) is 24.3 Å². The highest BCUT2D eigenvalue weighted by Gasteiger charge is 2.40. The van der Waals surface area contributed by atoms with Gasteiger partial charge in [-0.1, -0.05) is 0 Å². The highest BCUT2D eigenvalue weighted by atomic mass is 32.2. The number of methoxy groups -OCH3 is 1. The number of benzene rings is 1. The Bertz CT molecular complexity index is 541. The van der Waals surface area contributed by atoms with Gasteiger partial charge in [0.15, 0.2) is 0 Å². The summed E-state index contributed by atoms with van der Waals surface area (Å²) in [5, 5.41) is 5.94. The van der Waals surface area contributed by atoms with Crippen molar-refractivity contribution in [2.45, 2.75) is 12.0 Å². The van der Waals surface area contributed by atoms with E-state index in [1.807, 2.05) is 36.0 Å². The van der Waals surface area contributed by atoms with Crippen LogP contribution >= 0.6 is 11.8 Å². The second kappa shape index (κ2) is 8.09. The Hall–Kier alpha value is -1.44.